The molecular formula is C19H13NO4. The second-order valence-electron chi connectivity index (χ2n) is 5.47. The first-order valence-electron chi connectivity index (χ1n) is 7.42. The molecule has 0 fully saturated rings. The Morgan fingerprint density at radius 2 is 1.88 bits per heavy atom. The molecule has 0 unspecified atom stereocenters. The number of phenolic OH excluding ortho intramolecular Hbond substituents is 1. The maximum atomic E-state index is 11.4. The molecule has 2 aromatic carbocycles. The van der Waals surface area contributed by atoms with Gasteiger partial charge in [-0.2, -0.15) is 0 Å². The number of rotatable bonds is 3. The standard InChI is InChI=1S/C19H13NO4/c1-11-15(10-21)18(20-24-11)14-7-3-2-6-13(14)17-9-12-5-4-8-16(22)19(12)23-17/h2-10,22H,1H3. The minimum absolute atomic E-state index is 0.0853. The van der Waals surface area contributed by atoms with Crippen LogP contribution in [-0.4, -0.2) is 16.5 Å². The molecule has 0 saturated carbocycles. The van der Waals surface area contributed by atoms with Gasteiger partial charge in [-0.05, 0) is 19.1 Å². The predicted octanol–water partition coefficient (Wildman–Crippen LogP) is 4.58. The van der Waals surface area contributed by atoms with Crippen LogP contribution in [0.4, 0.5) is 0 Å². The van der Waals surface area contributed by atoms with Gasteiger partial charge in [0.25, 0.3) is 0 Å². The lowest BCUT2D eigenvalue weighted by Gasteiger charge is -2.04. The number of fused-ring (bicyclic) bond motifs is 1. The smallest absolute Gasteiger partial charge is 0.176 e. The van der Waals surface area contributed by atoms with Gasteiger partial charge in [0.1, 0.15) is 17.2 Å². The van der Waals surface area contributed by atoms with Gasteiger partial charge in [-0.25, -0.2) is 0 Å². The number of carbonyl (C=O) groups is 1. The molecule has 0 atom stereocenters. The maximum absolute atomic E-state index is 11.4. The Hall–Kier alpha value is -3.34. The van der Waals surface area contributed by atoms with E-state index in [4.69, 9.17) is 8.94 Å². The number of aromatic hydroxyl groups is 1. The molecule has 0 aliphatic heterocycles. The van der Waals surface area contributed by atoms with Crippen LogP contribution in [0.15, 0.2) is 57.5 Å². The summed E-state index contributed by atoms with van der Waals surface area (Å²) >= 11 is 0. The molecule has 0 bridgehead atoms. The maximum Gasteiger partial charge on any atom is 0.176 e. The van der Waals surface area contributed by atoms with E-state index in [9.17, 15) is 9.90 Å². The fourth-order valence-corrected chi connectivity index (χ4v) is 2.80. The summed E-state index contributed by atoms with van der Waals surface area (Å²) < 4.78 is 11.0. The van der Waals surface area contributed by atoms with Crippen molar-refractivity contribution in [2.75, 3.05) is 0 Å². The highest BCUT2D eigenvalue weighted by atomic mass is 16.5. The summed E-state index contributed by atoms with van der Waals surface area (Å²) in [5, 5.41) is 14.8. The van der Waals surface area contributed by atoms with E-state index < -0.39 is 0 Å². The van der Waals surface area contributed by atoms with Crippen molar-refractivity contribution in [3.63, 3.8) is 0 Å². The molecule has 2 aromatic heterocycles. The largest absolute Gasteiger partial charge is 0.504 e. The topological polar surface area (TPSA) is 76.5 Å². The lowest BCUT2D eigenvalue weighted by Crippen LogP contribution is -1.89. The van der Waals surface area contributed by atoms with E-state index in [1.165, 1.54) is 0 Å². The molecule has 4 rings (SSSR count). The van der Waals surface area contributed by atoms with E-state index >= 15 is 0 Å². The van der Waals surface area contributed by atoms with Crippen LogP contribution in [0.2, 0.25) is 0 Å². The molecule has 0 aliphatic carbocycles. The van der Waals surface area contributed by atoms with Crippen molar-refractivity contribution < 1.29 is 18.8 Å². The van der Waals surface area contributed by atoms with Gasteiger partial charge in [-0.3, -0.25) is 4.79 Å². The molecule has 24 heavy (non-hydrogen) atoms. The highest BCUT2D eigenvalue weighted by Crippen LogP contribution is 2.38. The van der Waals surface area contributed by atoms with E-state index in [1.54, 1.807) is 19.1 Å². The molecule has 1 N–H and O–H groups in total. The Morgan fingerprint density at radius 1 is 1.08 bits per heavy atom. The zero-order chi connectivity index (χ0) is 16.7. The first-order chi connectivity index (χ1) is 11.7. The fraction of sp³-hybridized carbons (Fsp3) is 0.0526. The van der Waals surface area contributed by atoms with Gasteiger partial charge < -0.3 is 14.0 Å². The Balaban J connectivity index is 1.96. The minimum atomic E-state index is 0.0853. The van der Waals surface area contributed by atoms with Crippen LogP contribution >= 0.6 is 0 Å². The second-order valence-corrected chi connectivity index (χ2v) is 5.47. The van der Waals surface area contributed by atoms with Crippen molar-refractivity contribution in [1.82, 2.24) is 5.16 Å². The van der Waals surface area contributed by atoms with E-state index in [1.807, 2.05) is 36.4 Å². The van der Waals surface area contributed by atoms with Gasteiger partial charge >= 0.3 is 0 Å². The molecule has 5 heteroatoms. The zero-order valence-electron chi connectivity index (χ0n) is 12.8. The Labute approximate surface area is 137 Å². The van der Waals surface area contributed by atoms with Crippen molar-refractivity contribution in [3.8, 4) is 28.3 Å². The molecule has 0 spiro atoms. The van der Waals surface area contributed by atoms with Crippen LogP contribution in [0.5, 0.6) is 5.75 Å². The molecule has 0 aliphatic rings. The third-order valence-electron chi connectivity index (χ3n) is 4.00. The summed E-state index contributed by atoms with van der Waals surface area (Å²) in [6.45, 7) is 1.70. The minimum Gasteiger partial charge on any atom is -0.504 e. The molecule has 118 valence electrons. The van der Waals surface area contributed by atoms with Gasteiger partial charge in [0.2, 0.25) is 0 Å². The Morgan fingerprint density at radius 3 is 2.62 bits per heavy atom. The second kappa shape index (κ2) is 5.38. The van der Waals surface area contributed by atoms with E-state index in [2.05, 4.69) is 5.16 Å². The summed E-state index contributed by atoms with van der Waals surface area (Å²) in [4.78, 5) is 11.4. The molecule has 0 saturated heterocycles. The van der Waals surface area contributed by atoms with Crippen molar-refractivity contribution in [1.29, 1.82) is 0 Å². The number of aryl methyl sites for hydroxylation is 1. The molecular weight excluding hydrogens is 306 g/mol. The number of aromatic nitrogens is 1. The van der Waals surface area contributed by atoms with Crippen molar-refractivity contribution in [2.24, 2.45) is 0 Å². The first-order valence-corrected chi connectivity index (χ1v) is 7.42. The molecule has 2 heterocycles. The predicted molar refractivity (Wildman–Crippen MR) is 88.9 cm³/mol. The van der Waals surface area contributed by atoms with Gasteiger partial charge in [0.15, 0.2) is 17.6 Å². The average Bonchev–Trinajstić information content (AvgIpc) is 3.19. The number of hydrogen-bond donors (Lipinski definition) is 1. The number of para-hydroxylation sites is 1. The number of benzene rings is 2. The van der Waals surface area contributed by atoms with Crippen molar-refractivity contribution in [3.05, 3.63) is 59.9 Å². The number of furan rings is 1. The lowest BCUT2D eigenvalue weighted by atomic mass is 9.99. The number of carbonyl (C=O) groups excluding carboxylic acids is 1. The van der Waals surface area contributed by atoms with Crippen LogP contribution in [0.25, 0.3) is 33.6 Å². The highest BCUT2D eigenvalue weighted by Gasteiger charge is 2.19. The van der Waals surface area contributed by atoms with Gasteiger partial charge in [0, 0.05) is 16.5 Å². The summed E-state index contributed by atoms with van der Waals surface area (Å²) in [5.74, 6) is 1.14. The van der Waals surface area contributed by atoms with E-state index in [-0.39, 0.29) is 5.75 Å². The summed E-state index contributed by atoms with van der Waals surface area (Å²) in [5.41, 5.74) is 2.82. The number of nitrogens with zero attached hydrogens (tertiary/aromatic N) is 1. The Bertz CT molecular complexity index is 1060. The van der Waals surface area contributed by atoms with E-state index in [0.29, 0.717) is 28.4 Å². The summed E-state index contributed by atoms with van der Waals surface area (Å²) in [6, 6.07) is 14.5. The number of hydrogen-bond acceptors (Lipinski definition) is 5. The van der Waals surface area contributed by atoms with E-state index in [0.717, 1.165) is 22.8 Å². The summed E-state index contributed by atoms with van der Waals surface area (Å²) in [7, 11) is 0. The molecule has 5 nitrogen and oxygen atoms in total. The van der Waals surface area contributed by atoms with Crippen molar-refractivity contribution in [2.45, 2.75) is 6.92 Å². The quantitative estimate of drug-likeness (QED) is 0.559. The lowest BCUT2D eigenvalue weighted by molar-refractivity contribution is 0.112. The SMILES string of the molecule is Cc1onc(-c2ccccc2-c2cc3cccc(O)c3o2)c1C=O. The fourth-order valence-electron chi connectivity index (χ4n) is 2.80. The van der Waals surface area contributed by atoms with Crippen LogP contribution in [0.3, 0.4) is 0 Å². The van der Waals surface area contributed by atoms with Crippen LogP contribution in [0, 0.1) is 6.92 Å². The molecule has 0 amide bonds. The van der Waals surface area contributed by atoms with Gasteiger partial charge in [-0.1, -0.05) is 41.6 Å². The molecule has 4 aromatic rings. The average molecular weight is 319 g/mol. The van der Waals surface area contributed by atoms with Crippen LogP contribution in [-0.2, 0) is 0 Å². The summed E-state index contributed by atoms with van der Waals surface area (Å²) in [6.07, 6.45) is 0.739. The normalized spacial score (nSPS) is 11.0. The third-order valence-corrected chi connectivity index (χ3v) is 4.00. The van der Waals surface area contributed by atoms with Gasteiger partial charge in [-0.15, -0.1) is 0 Å². The Kier molecular flexibility index (Phi) is 3.20. The van der Waals surface area contributed by atoms with Crippen molar-refractivity contribution >= 4 is 17.3 Å². The van der Waals surface area contributed by atoms with Gasteiger partial charge in [0.05, 0.1) is 5.56 Å². The highest BCUT2D eigenvalue weighted by molar-refractivity contribution is 5.94. The number of aldehydes is 1. The number of phenols is 1. The monoisotopic (exact) mass is 319 g/mol. The first kappa shape index (κ1) is 14.3. The zero-order valence-corrected chi connectivity index (χ0v) is 12.8. The van der Waals surface area contributed by atoms with Crippen LogP contribution < -0.4 is 0 Å². The third kappa shape index (κ3) is 2.10. The van der Waals surface area contributed by atoms with Crippen LogP contribution in [0.1, 0.15) is 16.1 Å². The molecule has 0 radical (unpaired) electrons.